The maximum atomic E-state index is 5.97. The van der Waals surface area contributed by atoms with Crippen LogP contribution in [-0.4, -0.2) is 18.8 Å². The molecule has 0 bridgehead atoms. The average Bonchev–Trinajstić information content (AvgIpc) is 2.28. The van der Waals surface area contributed by atoms with E-state index in [-0.39, 0.29) is 0 Å². The van der Waals surface area contributed by atoms with Crippen LogP contribution in [0.4, 0.5) is 5.69 Å². The van der Waals surface area contributed by atoms with Crippen LogP contribution in [0.3, 0.4) is 0 Å². The molecule has 1 N–H and O–H groups in total. The summed E-state index contributed by atoms with van der Waals surface area (Å²) < 4.78 is 5.65. The third-order valence-electron chi connectivity index (χ3n) is 3.06. The second-order valence-corrected chi connectivity index (χ2v) is 5.30. The van der Waals surface area contributed by atoms with Gasteiger partial charge in [-0.05, 0) is 37.5 Å². The molecule has 4 heteroatoms. The maximum absolute atomic E-state index is 5.97. The van der Waals surface area contributed by atoms with Crippen molar-refractivity contribution in [3.63, 3.8) is 0 Å². The Bertz CT molecular complexity index is 363. The van der Waals surface area contributed by atoms with E-state index in [1.807, 2.05) is 12.1 Å². The Kier molecular flexibility index (Phi) is 4.55. The molecular formula is C13H17Cl2NO. The summed E-state index contributed by atoms with van der Waals surface area (Å²) in [6, 6.07) is 6.00. The molecule has 2 rings (SSSR count). The molecule has 1 saturated heterocycles. The van der Waals surface area contributed by atoms with Crippen LogP contribution in [0.25, 0.3) is 0 Å². The van der Waals surface area contributed by atoms with Crippen molar-refractivity contribution in [3.8, 4) is 0 Å². The summed E-state index contributed by atoms with van der Waals surface area (Å²) in [5.41, 5.74) is 0.990. The van der Waals surface area contributed by atoms with Crippen LogP contribution in [-0.2, 0) is 4.74 Å². The SMILES string of the molecule is CCC1CC(Nc2cc(Cl)cc(Cl)c2)CCO1. The van der Waals surface area contributed by atoms with E-state index in [1.54, 1.807) is 6.07 Å². The zero-order valence-electron chi connectivity index (χ0n) is 9.88. The zero-order chi connectivity index (χ0) is 12.3. The molecule has 1 fully saturated rings. The highest BCUT2D eigenvalue weighted by Gasteiger charge is 2.21. The average molecular weight is 274 g/mol. The second kappa shape index (κ2) is 5.94. The van der Waals surface area contributed by atoms with Gasteiger partial charge in [0.2, 0.25) is 0 Å². The first-order chi connectivity index (χ1) is 8.17. The van der Waals surface area contributed by atoms with Gasteiger partial charge in [-0.25, -0.2) is 0 Å². The lowest BCUT2D eigenvalue weighted by molar-refractivity contribution is 0.00926. The number of rotatable bonds is 3. The van der Waals surface area contributed by atoms with Crippen molar-refractivity contribution in [2.75, 3.05) is 11.9 Å². The van der Waals surface area contributed by atoms with Crippen molar-refractivity contribution in [2.45, 2.75) is 38.3 Å². The molecule has 0 aliphatic carbocycles. The topological polar surface area (TPSA) is 21.3 Å². The van der Waals surface area contributed by atoms with Gasteiger partial charge in [-0.3, -0.25) is 0 Å². The first-order valence-electron chi connectivity index (χ1n) is 6.01. The summed E-state index contributed by atoms with van der Waals surface area (Å²) in [6.07, 6.45) is 3.51. The van der Waals surface area contributed by atoms with Gasteiger partial charge in [-0.1, -0.05) is 30.1 Å². The molecule has 0 saturated carbocycles. The number of hydrogen-bond acceptors (Lipinski definition) is 2. The minimum Gasteiger partial charge on any atom is -0.382 e. The molecule has 1 aromatic carbocycles. The van der Waals surface area contributed by atoms with Gasteiger partial charge in [0.25, 0.3) is 0 Å². The van der Waals surface area contributed by atoms with Gasteiger partial charge < -0.3 is 10.1 Å². The quantitative estimate of drug-likeness (QED) is 0.884. The highest BCUT2D eigenvalue weighted by Crippen LogP contribution is 2.25. The summed E-state index contributed by atoms with van der Waals surface area (Å²) in [7, 11) is 0. The van der Waals surface area contributed by atoms with E-state index in [0.29, 0.717) is 22.2 Å². The Labute approximate surface area is 112 Å². The number of hydrogen-bond donors (Lipinski definition) is 1. The number of ether oxygens (including phenoxy) is 1. The maximum Gasteiger partial charge on any atom is 0.0592 e. The first-order valence-corrected chi connectivity index (χ1v) is 6.77. The number of anilines is 1. The van der Waals surface area contributed by atoms with Gasteiger partial charge >= 0.3 is 0 Å². The predicted molar refractivity (Wildman–Crippen MR) is 73.1 cm³/mol. The van der Waals surface area contributed by atoms with Crippen molar-refractivity contribution in [1.82, 2.24) is 0 Å². The van der Waals surface area contributed by atoms with E-state index >= 15 is 0 Å². The Morgan fingerprint density at radius 2 is 2.00 bits per heavy atom. The summed E-state index contributed by atoms with van der Waals surface area (Å²) in [5.74, 6) is 0. The van der Waals surface area contributed by atoms with Gasteiger partial charge in [0.15, 0.2) is 0 Å². The van der Waals surface area contributed by atoms with Crippen LogP contribution in [0, 0.1) is 0 Å². The van der Waals surface area contributed by atoms with Crippen molar-refractivity contribution in [3.05, 3.63) is 28.2 Å². The smallest absolute Gasteiger partial charge is 0.0592 e. The van der Waals surface area contributed by atoms with Crippen molar-refractivity contribution in [2.24, 2.45) is 0 Å². The molecule has 1 aromatic rings. The first kappa shape index (κ1) is 13.0. The summed E-state index contributed by atoms with van der Waals surface area (Å²) in [4.78, 5) is 0. The van der Waals surface area contributed by atoms with Crippen LogP contribution in [0.15, 0.2) is 18.2 Å². The minimum atomic E-state index is 0.371. The molecule has 2 atom stereocenters. The van der Waals surface area contributed by atoms with E-state index in [0.717, 1.165) is 31.6 Å². The van der Waals surface area contributed by atoms with Crippen molar-refractivity contribution < 1.29 is 4.74 Å². The van der Waals surface area contributed by atoms with E-state index in [1.165, 1.54) is 0 Å². The molecule has 1 aliphatic rings. The third kappa shape index (κ3) is 3.77. The van der Waals surface area contributed by atoms with E-state index < -0.39 is 0 Å². The summed E-state index contributed by atoms with van der Waals surface area (Å²) >= 11 is 11.9. The van der Waals surface area contributed by atoms with Gasteiger partial charge in [0, 0.05) is 28.4 Å². The lowest BCUT2D eigenvalue weighted by Gasteiger charge is -2.30. The van der Waals surface area contributed by atoms with Crippen LogP contribution < -0.4 is 5.32 Å². The van der Waals surface area contributed by atoms with Crippen LogP contribution >= 0.6 is 23.2 Å². The molecule has 17 heavy (non-hydrogen) atoms. The largest absolute Gasteiger partial charge is 0.382 e. The Balaban J connectivity index is 2.00. The van der Waals surface area contributed by atoms with Crippen molar-refractivity contribution >= 4 is 28.9 Å². The number of benzene rings is 1. The molecule has 2 nitrogen and oxygen atoms in total. The molecule has 0 aromatic heterocycles. The standard InChI is InChI=1S/C13H17Cl2NO/c1-2-13-8-11(3-4-17-13)16-12-6-9(14)5-10(15)7-12/h5-7,11,13,16H,2-4,8H2,1H3. The Morgan fingerprint density at radius 3 is 2.65 bits per heavy atom. The lowest BCUT2D eigenvalue weighted by Crippen LogP contribution is -2.33. The minimum absolute atomic E-state index is 0.371. The highest BCUT2D eigenvalue weighted by atomic mass is 35.5. The van der Waals surface area contributed by atoms with Gasteiger partial charge in [-0.15, -0.1) is 0 Å². The lowest BCUT2D eigenvalue weighted by atomic mass is 10.0. The second-order valence-electron chi connectivity index (χ2n) is 4.42. The predicted octanol–water partition coefficient (Wildman–Crippen LogP) is 4.36. The molecule has 0 radical (unpaired) electrons. The summed E-state index contributed by atoms with van der Waals surface area (Å²) in [5, 5.41) is 4.81. The van der Waals surface area contributed by atoms with Crippen LogP contribution in [0.1, 0.15) is 26.2 Å². The third-order valence-corrected chi connectivity index (χ3v) is 3.49. The molecule has 1 aliphatic heterocycles. The highest BCUT2D eigenvalue weighted by molar-refractivity contribution is 6.35. The molecule has 0 amide bonds. The van der Waals surface area contributed by atoms with Crippen molar-refractivity contribution in [1.29, 1.82) is 0 Å². The normalized spacial score (nSPS) is 24.6. The fourth-order valence-corrected chi connectivity index (χ4v) is 2.69. The molecule has 1 heterocycles. The summed E-state index contributed by atoms with van der Waals surface area (Å²) in [6.45, 7) is 2.98. The van der Waals surface area contributed by atoms with E-state index in [2.05, 4.69) is 12.2 Å². The number of nitrogens with one attached hydrogen (secondary N) is 1. The fourth-order valence-electron chi connectivity index (χ4n) is 2.17. The number of halogens is 2. The van der Waals surface area contributed by atoms with Gasteiger partial charge in [0.1, 0.15) is 0 Å². The Hall–Kier alpha value is -0.440. The molecule has 2 unspecified atom stereocenters. The van der Waals surface area contributed by atoms with Gasteiger partial charge in [-0.2, -0.15) is 0 Å². The molecule has 0 spiro atoms. The van der Waals surface area contributed by atoms with Gasteiger partial charge in [0.05, 0.1) is 6.10 Å². The Morgan fingerprint density at radius 1 is 1.29 bits per heavy atom. The fraction of sp³-hybridized carbons (Fsp3) is 0.538. The monoisotopic (exact) mass is 273 g/mol. The van der Waals surface area contributed by atoms with E-state index in [4.69, 9.17) is 27.9 Å². The van der Waals surface area contributed by atoms with Crippen LogP contribution in [0.5, 0.6) is 0 Å². The van der Waals surface area contributed by atoms with E-state index in [9.17, 15) is 0 Å². The molecular weight excluding hydrogens is 257 g/mol. The van der Waals surface area contributed by atoms with Crippen LogP contribution in [0.2, 0.25) is 10.0 Å². The zero-order valence-corrected chi connectivity index (χ0v) is 11.4. The molecule has 94 valence electrons.